The maximum Gasteiger partial charge on any atom is 0.0704 e. The van der Waals surface area contributed by atoms with Crippen molar-refractivity contribution in [3.05, 3.63) is 11.6 Å². The predicted molar refractivity (Wildman–Crippen MR) is 84.2 cm³/mol. The first-order valence-corrected chi connectivity index (χ1v) is 9.43. The number of rotatable bonds is 1. The van der Waals surface area contributed by atoms with Crippen LogP contribution in [0.1, 0.15) is 51.4 Å². The van der Waals surface area contributed by atoms with Crippen LogP contribution in [0.5, 0.6) is 0 Å². The third-order valence-corrected chi connectivity index (χ3v) is 6.34. The summed E-state index contributed by atoms with van der Waals surface area (Å²) in [7, 11) is 0. The van der Waals surface area contributed by atoms with Gasteiger partial charge in [0.15, 0.2) is 0 Å². The van der Waals surface area contributed by atoms with Crippen molar-refractivity contribution in [3.63, 3.8) is 0 Å². The summed E-state index contributed by atoms with van der Waals surface area (Å²) in [4.78, 5) is 0. The highest BCUT2D eigenvalue weighted by molar-refractivity contribution is 7.99. The van der Waals surface area contributed by atoms with E-state index in [4.69, 9.17) is 16.3 Å². The molecule has 0 bridgehead atoms. The van der Waals surface area contributed by atoms with Gasteiger partial charge in [-0.3, -0.25) is 0 Å². The van der Waals surface area contributed by atoms with E-state index in [1.807, 2.05) is 0 Å². The summed E-state index contributed by atoms with van der Waals surface area (Å²) in [6, 6.07) is 0. The summed E-state index contributed by atoms with van der Waals surface area (Å²) >= 11 is 8.49. The van der Waals surface area contributed by atoms with Crippen molar-refractivity contribution >= 4 is 23.4 Å². The largest absolute Gasteiger partial charge is 0.375 e. The van der Waals surface area contributed by atoms with Crippen LogP contribution in [-0.2, 0) is 4.74 Å². The Hall–Kier alpha value is 0.340. The normalized spacial score (nSPS) is 35.7. The van der Waals surface area contributed by atoms with Gasteiger partial charge in [-0.15, -0.1) is 11.6 Å². The predicted octanol–water partition coefficient (Wildman–Crippen LogP) is 4.79. The quantitative estimate of drug-likeness (QED) is 0.509. The van der Waals surface area contributed by atoms with E-state index in [1.165, 1.54) is 56.5 Å². The Morgan fingerprint density at radius 1 is 1.21 bits per heavy atom. The second kappa shape index (κ2) is 6.41. The summed E-state index contributed by atoms with van der Waals surface area (Å²) < 4.78 is 6.21. The molecule has 19 heavy (non-hydrogen) atoms. The molecule has 3 rings (SSSR count). The van der Waals surface area contributed by atoms with Gasteiger partial charge in [0.05, 0.1) is 11.0 Å². The average molecular weight is 301 g/mol. The first kappa shape index (κ1) is 14.3. The lowest BCUT2D eigenvalue weighted by Gasteiger charge is -2.44. The van der Waals surface area contributed by atoms with Gasteiger partial charge in [0.2, 0.25) is 0 Å². The number of hydrogen-bond donors (Lipinski definition) is 0. The van der Waals surface area contributed by atoms with Crippen LogP contribution >= 0.6 is 23.4 Å². The third-order valence-electron chi connectivity index (χ3n) is 5.01. The van der Waals surface area contributed by atoms with E-state index in [2.05, 4.69) is 17.8 Å². The molecular formula is C16H25ClOS. The van der Waals surface area contributed by atoms with Gasteiger partial charge in [0.1, 0.15) is 0 Å². The first-order chi connectivity index (χ1) is 9.27. The van der Waals surface area contributed by atoms with Crippen LogP contribution in [0.2, 0.25) is 0 Å². The van der Waals surface area contributed by atoms with Gasteiger partial charge >= 0.3 is 0 Å². The lowest BCUT2D eigenvalue weighted by atomic mass is 9.77. The highest BCUT2D eigenvalue weighted by atomic mass is 35.5. The van der Waals surface area contributed by atoms with Crippen LogP contribution < -0.4 is 0 Å². The molecule has 2 aliphatic heterocycles. The van der Waals surface area contributed by atoms with Crippen molar-refractivity contribution in [2.24, 2.45) is 5.92 Å². The molecule has 1 aliphatic carbocycles. The molecule has 1 spiro atoms. The van der Waals surface area contributed by atoms with E-state index in [1.54, 1.807) is 5.57 Å². The Bertz CT molecular complexity index is 330. The smallest absolute Gasteiger partial charge is 0.0704 e. The Labute approximate surface area is 126 Å². The molecule has 0 N–H and O–H groups in total. The molecule has 2 saturated heterocycles. The molecule has 3 heteroatoms. The molecule has 0 amide bonds. The molecular weight excluding hydrogens is 276 g/mol. The topological polar surface area (TPSA) is 9.23 Å². The van der Waals surface area contributed by atoms with Crippen molar-refractivity contribution in [2.75, 3.05) is 18.1 Å². The molecule has 3 aliphatic rings. The molecule has 2 unspecified atom stereocenters. The van der Waals surface area contributed by atoms with Gasteiger partial charge in [0.25, 0.3) is 0 Å². The lowest BCUT2D eigenvalue weighted by Crippen LogP contribution is -2.43. The number of halogens is 1. The third kappa shape index (κ3) is 3.51. The van der Waals surface area contributed by atoms with Gasteiger partial charge in [-0.1, -0.05) is 18.1 Å². The maximum atomic E-state index is 6.40. The number of alkyl halides is 1. The highest BCUT2D eigenvalue weighted by Crippen LogP contribution is 2.43. The molecule has 2 atom stereocenters. The minimum Gasteiger partial charge on any atom is -0.375 e. The zero-order chi connectivity index (χ0) is 13.1. The van der Waals surface area contributed by atoms with E-state index in [0.717, 1.165) is 18.9 Å². The zero-order valence-electron chi connectivity index (χ0n) is 11.7. The van der Waals surface area contributed by atoms with E-state index in [9.17, 15) is 0 Å². The van der Waals surface area contributed by atoms with Gasteiger partial charge in [-0.2, -0.15) is 11.8 Å². The number of ether oxygens (including phenoxy) is 1. The minimum absolute atomic E-state index is 0.211. The van der Waals surface area contributed by atoms with Crippen molar-refractivity contribution in [3.8, 4) is 0 Å². The minimum atomic E-state index is 0.211. The fraction of sp³-hybridized carbons (Fsp3) is 0.875. The molecule has 2 fully saturated rings. The molecule has 108 valence electrons. The summed E-state index contributed by atoms with van der Waals surface area (Å²) in [6.45, 7) is 0.958. The van der Waals surface area contributed by atoms with Crippen molar-refractivity contribution in [1.82, 2.24) is 0 Å². The Morgan fingerprint density at radius 2 is 2.05 bits per heavy atom. The zero-order valence-corrected chi connectivity index (χ0v) is 13.3. The fourth-order valence-corrected chi connectivity index (χ4v) is 5.40. The molecule has 0 saturated carbocycles. The maximum absolute atomic E-state index is 6.40. The molecule has 0 aromatic rings. The Balaban J connectivity index is 1.70. The molecule has 0 radical (unpaired) electrons. The monoisotopic (exact) mass is 300 g/mol. The van der Waals surface area contributed by atoms with Gasteiger partial charge in [0, 0.05) is 6.61 Å². The van der Waals surface area contributed by atoms with Gasteiger partial charge in [-0.05, 0) is 62.4 Å². The second-order valence-corrected chi connectivity index (χ2v) is 8.12. The highest BCUT2D eigenvalue weighted by Gasteiger charge is 2.39. The van der Waals surface area contributed by atoms with Crippen LogP contribution in [0.3, 0.4) is 0 Å². The number of hydrogen-bond acceptors (Lipinski definition) is 2. The summed E-state index contributed by atoms with van der Waals surface area (Å²) in [6.07, 6.45) is 12.4. The average Bonchev–Trinajstić information content (AvgIpc) is 2.64. The Morgan fingerprint density at radius 3 is 2.89 bits per heavy atom. The van der Waals surface area contributed by atoms with Crippen LogP contribution in [0.15, 0.2) is 11.6 Å². The molecule has 2 heterocycles. The van der Waals surface area contributed by atoms with Gasteiger partial charge < -0.3 is 4.74 Å². The van der Waals surface area contributed by atoms with Crippen LogP contribution in [0.4, 0.5) is 0 Å². The van der Waals surface area contributed by atoms with Crippen molar-refractivity contribution < 1.29 is 4.74 Å². The Kier molecular flexibility index (Phi) is 4.82. The summed E-state index contributed by atoms with van der Waals surface area (Å²) in [5.41, 5.74) is 1.86. The molecule has 0 aromatic carbocycles. The lowest BCUT2D eigenvalue weighted by molar-refractivity contribution is -0.0968. The van der Waals surface area contributed by atoms with Crippen molar-refractivity contribution in [1.29, 1.82) is 0 Å². The first-order valence-electron chi connectivity index (χ1n) is 7.84. The van der Waals surface area contributed by atoms with Gasteiger partial charge in [-0.25, -0.2) is 0 Å². The number of allylic oxidation sites excluding steroid dienone is 2. The molecule has 0 aromatic heterocycles. The van der Waals surface area contributed by atoms with Crippen LogP contribution in [0.25, 0.3) is 0 Å². The summed E-state index contributed by atoms with van der Waals surface area (Å²) in [5.74, 6) is 3.31. The van der Waals surface area contributed by atoms with Crippen LogP contribution in [-0.4, -0.2) is 29.1 Å². The van der Waals surface area contributed by atoms with Crippen molar-refractivity contribution in [2.45, 2.75) is 62.3 Å². The standard InChI is InChI=1S/C16H25ClOS/c17-15-4-2-1-3-13(11-15)14-5-8-18-16(12-14)6-9-19-10-7-16/h11,14-15H,1-10,12H2. The summed E-state index contributed by atoms with van der Waals surface area (Å²) in [5, 5.41) is 0.276. The van der Waals surface area contributed by atoms with E-state index in [0.29, 0.717) is 0 Å². The SMILES string of the molecule is ClC1C=C(C2CCOC3(CCSCC3)C2)CCCC1. The van der Waals surface area contributed by atoms with E-state index < -0.39 is 0 Å². The second-order valence-electron chi connectivity index (χ2n) is 6.34. The fourth-order valence-electron chi connectivity index (χ4n) is 3.84. The van der Waals surface area contributed by atoms with E-state index >= 15 is 0 Å². The van der Waals surface area contributed by atoms with Crippen LogP contribution in [0, 0.1) is 5.92 Å². The number of thioether (sulfide) groups is 1. The molecule has 1 nitrogen and oxygen atoms in total. The van der Waals surface area contributed by atoms with E-state index in [-0.39, 0.29) is 11.0 Å².